The highest BCUT2D eigenvalue weighted by atomic mass is 32.1. The molecule has 0 fully saturated rings. The van der Waals surface area contributed by atoms with E-state index in [1.807, 2.05) is 13.0 Å². The Kier molecular flexibility index (Phi) is 5.08. The lowest BCUT2D eigenvalue weighted by molar-refractivity contribution is -0.142. The summed E-state index contributed by atoms with van der Waals surface area (Å²) < 4.78 is 9.75. The van der Waals surface area contributed by atoms with E-state index in [1.54, 1.807) is 18.2 Å². The van der Waals surface area contributed by atoms with Crippen molar-refractivity contribution in [3.8, 4) is 0 Å². The lowest BCUT2D eigenvalue weighted by Gasteiger charge is -2.12. The van der Waals surface area contributed by atoms with Crippen LogP contribution in [0, 0.1) is 6.92 Å². The van der Waals surface area contributed by atoms with Crippen LogP contribution in [0.5, 0.6) is 0 Å². The Morgan fingerprint density at radius 2 is 1.96 bits per heavy atom. The first-order valence-corrected chi connectivity index (χ1v) is 8.97. The lowest BCUT2D eigenvalue weighted by atomic mass is 9.99. The standard InChI is InChI=1S/C19H19NO5S/c1-10-5-4-6-11(9-10)16(21)20-17-15(19(23)25-3)14-12(18(22)24-2)7-8-13(14)26-17/h4-6,9,12H,7-8H2,1-3H3,(H,20,21)/t12-/m0/s1. The molecule has 6 nitrogen and oxygen atoms in total. The number of benzene rings is 1. The van der Waals surface area contributed by atoms with Gasteiger partial charge in [-0.3, -0.25) is 9.59 Å². The summed E-state index contributed by atoms with van der Waals surface area (Å²) in [5, 5.41) is 3.21. The van der Waals surface area contributed by atoms with Crippen molar-refractivity contribution in [3.63, 3.8) is 0 Å². The van der Waals surface area contributed by atoms with Crippen LogP contribution in [-0.2, 0) is 20.7 Å². The molecule has 1 amide bonds. The Labute approximate surface area is 155 Å². The van der Waals surface area contributed by atoms with Crippen LogP contribution in [0.2, 0.25) is 0 Å². The van der Waals surface area contributed by atoms with Crippen molar-refractivity contribution in [2.24, 2.45) is 0 Å². The van der Waals surface area contributed by atoms with Gasteiger partial charge in [-0.1, -0.05) is 17.7 Å². The Hall–Kier alpha value is -2.67. The second-order valence-electron chi connectivity index (χ2n) is 6.07. The summed E-state index contributed by atoms with van der Waals surface area (Å²) in [5.74, 6) is -1.78. The molecule has 0 bridgehead atoms. The van der Waals surface area contributed by atoms with E-state index in [0.29, 0.717) is 29.0 Å². The monoisotopic (exact) mass is 373 g/mol. The second-order valence-corrected chi connectivity index (χ2v) is 7.18. The predicted molar refractivity (Wildman–Crippen MR) is 97.9 cm³/mol. The van der Waals surface area contributed by atoms with Gasteiger partial charge in [-0.25, -0.2) is 4.79 Å². The summed E-state index contributed by atoms with van der Waals surface area (Å²) in [5.41, 5.74) is 2.33. The predicted octanol–water partition coefficient (Wildman–Crippen LogP) is 3.30. The largest absolute Gasteiger partial charge is 0.469 e. The van der Waals surface area contributed by atoms with Gasteiger partial charge in [0.05, 0.1) is 25.7 Å². The van der Waals surface area contributed by atoms with Gasteiger partial charge in [0.1, 0.15) is 5.00 Å². The van der Waals surface area contributed by atoms with Crippen LogP contribution < -0.4 is 5.32 Å². The number of esters is 2. The van der Waals surface area contributed by atoms with Crippen LogP contribution in [0.15, 0.2) is 24.3 Å². The number of amides is 1. The molecule has 0 saturated heterocycles. The highest BCUT2D eigenvalue weighted by molar-refractivity contribution is 7.17. The summed E-state index contributed by atoms with van der Waals surface area (Å²) in [6, 6.07) is 7.18. The number of thiophene rings is 1. The molecule has 0 spiro atoms. The Balaban J connectivity index is 1.99. The molecule has 3 rings (SSSR count). The van der Waals surface area contributed by atoms with Crippen molar-refractivity contribution < 1.29 is 23.9 Å². The Morgan fingerprint density at radius 1 is 1.19 bits per heavy atom. The lowest BCUT2D eigenvalue weighted by Crippen LogP contribution is -2.17. The van der Waals surface area contributed by atoms with Crippen molar-refractivity contribution in [3.05, 3.63) is 51.4 Å². The number of carbonyl (C=O) groups is 3. The van der Waals surface area contributed by atoms with E-state index >= 15 is 0 Å². The molecule has 7 heteroatoms. The van der Waals surface area contributed by atoms with E-state index in [9.17, 15) is 14.4 Å². The number of aryl methyl sites for hydroxylation is 2. The summed E-state index contributed by atoms with van der Waals surface area (Å²) in [7, 11) is 2.60. The first-order chi connectivity index (χ1) is 12.5. The highest BCUT2D eigenvalue weighted by Crippen LogP contribution is 2.46. The zero-order chi connectivity index (χ0) is 18.8. The maximum atomic E-state index is 12.6. The zero-order valence-corrected chi connectivity index (χ0v) is 15.6. The fourth-order valence-corrected chi connectivity index (χ4v) is 4.46. The SMILES string of the molecule is COC(=O)c1c(NC(=O)c2cccc(C)c2)sc2c1[C@@H](C(=O)OC)CC2. The van der Waals surface area contributed by atoms with E-state index in [1.165, 1.54) is 25.6 Å². The van der Waals surface area contributed by atoms with Gasteiger partial charge >= 0.3 is 11.9 Å². The number of methoxy groups -OCH3 is 2. The van der Waals surface area contributed by atoms with Crippen molar-refractivity contribution in [1.29, 1.82) is 0 Å². The molecule has 1 atom stereocenters. The molecule has 1 aliphatic rings. The normalized spacial score (nSPS) is 15.3. The molecule has 0 saturated carbocycles. The van der Waals surface area contributed by atoms with Crippen LogP contribution in [-0.4, -0.2) is 32.1 Å². The van der Waals surface area contributed by atoms with Crippen LogP contribution in [0.25, 0.3) is 0 Å². The van der Waals surface area contributed by atoms with Crippen LogP contribution >= 0.6 is 11.3 Å². The molecule has 1 aliphatic carbocycles. The van der Waals surface area contributed by atoms with E-state index in [0.717, 1.165) is 10.4 Å². The molecule has 0 radical (unpaired) electrons. The summed E-state index contributed by atoms with van der Waals surface area (Å²) in [6.45, 7) is 1.90. The molecule has 2 aromatic rings. The van der Waals surface area contributed by atoms with E-state index < -0.39 is 11.9 Å². The molecular formula is C19H19NO5S. The molecular weight excluding hydrogens is 354 g/mol. The fourth-order valence-electron chi connectivity index (χ4n) is 3.20. The van der Waals surface area contributed by atoms with Crippen molar-refractivity contribution >= 4 is 34.2 Å². The number of carbonyl (C=O) groups excluding carboxylic acids is 3. The smallest absolute Gasteiger partial charge is 0.341 e. The van der Waals surface area contributed by atoms with Crippen LogP contribution in [0.3, 0.4) is 0 Å². The third-order valence-electron chi connectivity index (χ3n) is 4.41. The third-order valence-corrected chi connectivity index (χ3v) is 5.59. The summed E-state index contributed by atoms with van der Waals surface area (Å²) >= 11 is 1.31. The van der Waals surface area contributed by atoms with Crippen LogP contribution in [0.4, 0.5) is 5.00 Å². The number of rotatable bonds is 4. The minimum Gasteiger partial charge on any atom is -0.469 e. The van der Waals surface area contributed by atoms with Gasteiger partial charge in [-0.15, -0.1) is 11.3 Å². The number of fused-ring (bicyclic) bond motifs is 1. The average Bonchev–Trinajstić information content (AvgIpc) is 3.19. The first-order valence-electron chi connectivity index (χ1n) is 8.16. The maximum Gasteiger partial charge on any atom is 0.341 e. The molecule has 136 valence electrons. The van der Waals surface area contributed by atoms with Gasteiger partial charge in [-0.2, -0.15) is 0 Å². The van der Waals surface area contributed by atoms with E-state index in [4.69, 9.17) is 9.47 Å². The molecule has 1 aromatic carbocycles. The second kappa shape index (κ2) is 7.29. The quantitative estimate of drug-likeness (QED) is 0.832. The molecule has 0 aliphatic heterocycles. The van der Waals surface area contributed by atoms with Gasteiger partial charge < -0.3 is 14.8 Å². The minimum atomic E-state index is -0.571. The van der Waals surface area contributed by atoms with Gasteiger partial charge in [-0.05, 0) is 37.5 Å². The van der Waals surface area contributed by atoms with E-state index in [2.05, 4.69) is 5.32 Å². The molecule has 1 aromatic heterocycles. The number of ether oxygens (including phenoxy) is 2. The van der Waals surface area contributed by atoms with Crippen LogP contribution in [0.1, 0.15) is 49.1 Å². The number of nitrogens with one attached hydrogen (secondary N) is 1. The molecule has 1 heterocycles. The Morgan fingerprint density at radius 3 is 2.62 bits per heavy atom. The molecule has 1 N–H and O–H groups in total. The highest BCUT2D eigenvalue weighted by Gasteiger charge is 2.38. The summed E-state index contributed by atoms with van der Waals surface area (Å²) in [4.78, 5) is 37.9. The number of anilines is 1. The fraction of sp³-hybridized carbons (Fsp3) is 0.316. The number of hydrogen-bond acceptors (Lipinski definition) is 6. The van der Waals surface area contributed by atoms with Crippen molar-refractivity contribution in [2.75, 3.05) is 19.5 Å². The third kappa shape index (κ3) is 3.22. The molecule has 0 unspecified atom stereocenters. The first kappa shape index (κ1) is 18.1. The zero-order valence-electron chi connectivity index (χ0n) is 14.8. The molecule has 26 heavy (non-hydrogen) atoms. The van der Waals surface area contributed by atoms with Crippen molar-refractivity contribution in [2.45, 2.75) is 25.7 Å². The topological polar surface area (TPSA) is 81.7 Å². The Bertz CT molecular complexity index is 886. The number of hydrogen-bond donors (Lipinski definition) is 1. The average molecular weight is 373 g/mol. The van der Waals surface area contributed by atoms with Gasteiger partial charge in [0.25, 0.3) is 5.91 Å². The van der Waals surface area contributed by atoms with Crippen molar-refractivity contribution in [1.82, 2.24) is 0 Å². The minimum absolute atomic E-state index is 0.251. The van der Waals surface area contributed by atoms with Gasteiger partial charge in [0, 0.05) is 10.4 Å². The maximum absolute atomic E-state index is 12.6. The van der Waals surface area contributed by atoms with E-state index in [-0.39, 0.29) is 17.4 Å². The van der Waals surface area contributed by atoms with Gasteiger partial charge in [0.2, 0.25) is 0 Å². The van der Waals surface area contributed by atoms with Gasteiger partial charge in [0.15, 0.2) is 0 Å². The summed E-state index contributed by atoms with van der Waals surface area (Å²) in [6.07, 6.45) is 1.24.